The summed E-state index contributed by atoms with van der Waals surface area (Å²) >= 11 is 0. The lowest BCUT2D eigenvalue weighted by atomic mass is 9.77. The Labute approximate surface area is 118 Å². The molecule has 2 N–H and O–H groups in total. The first-order valence-corrected chi connectivity index (χ1v) is 7.48. The zero-order valence-electron chi connectivity index (χ0n) is 12.2. The lowest BCUT2D eigenvalue weighted by molar-refractivity contribution is -0.128. The van der Waals surface area contributed by atoms with Crippen LogP contribution < -0.4 is 5.32 Å². The fraction of sp³-hybridized carbons (Fsp3) is 1.00. The van der Waals surface area contributed by atoms with Crippen LogP contribution in [0.2, 0.25) is 0 Å². The second kappa shape index (κ2) is 6.20. The highest BCUT2D eigenvalue weighted by molar-refractivity contribution is 4.94. The molecule has 5 unspecified atom stereocenters. The number of halogens is 3. The standard InChI is InChI=1S/C14H25F3N2O/c1-9-3-4-13(9)19-6-11(10(2)20)5-12(7-19)18-8-14(15,16)17/h9-13,18,20H,3-8H2,1-2H3. The van der Waals surface area contributed by atoms with Gasteiger partial charge in [0.2, 0.25) is 0 Å². The number of rotatable bonds is 4. The van der Waals surface area contributed by atoms with Gasteiger partial charge in [-0.25, -0.2) is 0 Å². The van der Waals surface area contributed by atoms with Gasteiger partial charge in [0.1, 0.15) is 0 Å². The van der Waals surface area contributed by atoms with E-state index >= 15 is 0 Å². The Bertz CT molecular complexity index is 322. The van der Waals surface area contributed by atoms with Crippen molar-refractivity contribution in [2.24, 2.45) is 11.8 Å². The molecule has 2 rings (SSSR count). The van der Waals surface area contributed by atoms with Gasteiger partial charge >= 0.3 is 6.18 Å². The van der Waals surface area contributed by atoms with Crippen LogP contribution in [-0.4, -0.2) is 54.0 Å². The zero-order chi connectivity index (χ0) is 14.9. The first-order valence-electron chi connectivity index (χ1n) is 7.48. The Morgan fingerprint density at radius 2 is 2.00 bits per heavy atom. The summed E-state index contributed by atoms with van der Waals surface area (Å²) in [4.78, 5) is 2.28. The minimum atomic E-state index is -4.17. The van der Waals surface area contributed by atoms with Crippen molar-refractivity contribution in [3.8, 4) is 0 Å². The van der Waals surface area contributed by atoms with E-state index in [-0.39, 0.29) is 12.0 Å². The van der Waals surface area contributed by atoms with Crippen LogP contribution in [0.15, 0.2) is 0 Å². The van der Waals surface area contributed by atoms with Gasteiger partial charge in [0.05, 0.1) is 12.6 Å². The van der Waals surface area contributed by atoms with Crippen molar-refractivity contribution < 1.29 is 18.3 Å². The largest absolute Gasteiger partial charge is 0.401 e. The molecule has 0 aromatic carbocycles. The van der Waals surface area contributed by atoms with Crippen LogP contribution in [0.3, 0.4) is 0 Å². The highest BCUT2D eigenvalue weighted by Gasteiger charge is 2.39. The molecule has 20 heavy (non-hydrogen) atoms. The molecule has 1 saturated heterocycles. The van der Waals surface area contributed by atoms with Gasteiger partial charge in [0, 0.05) is 25.2 Å². The first-order chi connectivity index (χ1) is 9.26. The van der Waals surface area contributed by atoms with Gasteiger partial charge in [0.25, 0.3) is 0 Å². The molecular weight excluding hydrogens is 269 g/mol. The van der Waals surface area contributed by atoms with E-state index in [4.69, 9.17) is 0 Å². The topological polar surface area (TPSA) is 35.5 Å². The van der Waals surface area contributed by atoms with E-state index in [0.29, 0.717) is 24.9 Å². The molecule has 1 aliphatic heterocycles. The Hall–Kier alpha value is -0.330. The van der Waals surface area contributed by atoms with Gasteiger partial charge in [-0.1, -0.05) is 6.92 Å². The van der Waals surface area contributed by atoms with E-state index in [9.17, 15) is 18.3 Å². The molecule has 1 heterocycles. The van der Waals surface area contributed by atoms with Crippen molar-refractivity contribution in [1.29, 1.82) is 0 Å². The van der Waals surface area contributed by atoms with E-state index in [2.05, 4.69) is 17.1 Å². The predicted octanol–water partition coefficient (Wildman–Crippen LogP) is 2.01. The maximum absolute atomic E-state index is 12.3. The molecule has 0 bridgehead atoms. The van der Waals surface area contributed by atoms with Crippen LogP contribution >= 0.6 is 0 Å². The van der Waals surface area contributed by atoms with Gasteiger partial charge in [-0.05, 0) is 38.0 Å². The van der Waals surface area contributed by atoms with Crippen LogP contribution in [-0.2, 0) is 0 Å². The highest BCUT2D eigenvalue weighted by atomic mass is 19.4. The molecule has 2 aliphatic rings. The summed E-state index contributed by atoms with van der Waals surface area (Å²) in [6, 6.07) is 0.296. The summed E-state index contributed by atoms with van der Waals surface area (Å²) in [5.41, 5.74) is 0. The van der Waals surface area contributed by atoms with Crippen molar-refractivity contribution in [3.63, 3.8) is 0 Å². The number of hydrogen-bond donors (Lipinski definition) is 2. The average molecular weight is 294 g/mol. The summed E-state index contributed by atoms with van der Waals surface area (Å²) < 4.78 is 37.0. The fourth-order valence-corrected chi connectivity index (χ4v) is 3.39. The molecule has 0 amide bonds. The van der Waals surface area contributed by atoms with Gasteiger partial charge in [-0.2, -0.15) is 13.2 Å². The Balaban J connectivity index is 1.93. The minimum absolute atomic E-state index is 0.0577. The van der Waals surface area contributed by atoms with Crippen LogP contribution in [0.4, 0.5) is 13.2 Å². The molecule has 1 saturated carbocycles. The zero-order valence-corrected chi connectivity index (χ0v) is 12.2. The normalized spacial score (nSPS) is 37.5. The molecular formula is C14H25F3N2O. The predicted molar refractivity (Wildman–Crippen MR) is 71.4 cm³/mol. The summed E-state index contributed by atoms with van der Waals surface area (Å²) in [5.74, 6) is 0.674. The van der Waals surface area contributed by atoms with Gasteiger partial charge in [0.15, 0.2) is 0 Å². The number of piperidine rings is 1. The van der Waals surface area contributed by atoms with E-state index in [0.717, 1.165) is 13.0 Å². The second-order valence-electron chi connectivity index (χ2n) is 6.51. The molecule has 0 spiro atoms. The van der Waals surface area contributed by atoms with Crippen LogP contribution in [0.5, 0.6) is 0 Å². The van der Waals surface area contributed by atoms with E-state index in [1.165, 1.54) is 6.42 Å². The van der Waals surface area contributed by atoms with Crippen molar-refractivity contribution in [2.45, 2.75) is 57.5 Å². The SMILES string of the molecule is CC(O)C1CC(NCC(F)(F)F)CN(C2CCC2C)C1. The molecule has 1 aliphatic carbocycles. The molecule has 0 aromatic rings. The number of alkyl halides is 3. The number of nitrogens with one attached hydrogen (secondary N) is 1. The minimum Gasteiger partial charge on any atom is -0.393 e. The number of aliphatic hydroxyl groups excluding tert-OH is 1. The third-order valence-corrected chi connectivity index (χ3v) is 4.83. The van der Waals surface area contributed by atoms with Gasteiger partial charge in [-0.15, -0.1) is 0 Å². The van der Waals surface area contributed by atoms with Crippen molar-refractivity contribution in [2.75, 3.05) is 19.6 Å². The monoisotopic (exact) mass is 294 g/mol. The number of likely N-dealkylation sites (tertiary alicyclic amines) is 1. The Morgan fingerprint density at radius 1 is 1.30 bits per heavy atom. The van der Waals surface area contributed by atoms with Crippen molar-refractivity contribution >= 4 is 0 Å². The molecule has 3 nitrogen and oxygen atoms in total. The molecule has 2 fully saturated rings. The third kappa shape index (κ3) is 4.09. The maximum atomic E-state index is 12.3. The number of nitrogens with zero attached hydrogens (tertiary/aromatic N) is 1. The number of hydrogen-bond acceptors (Lipinski definition) is 3. The summed E-state index contributed by atoms with van der Waals surface area (Å²) in [7, 11) is 0. The summed E-state index contributed by atoms with van der Waals surface area (Å²) in [6.07, 6.45) is -1.71. The smallest absolute Gasteiger partial charge is 0.393 e. The Kier molecular flexibility index (Phi) is 4.97. The summed E-state index contributed by atoms with van der Waals surface area (Å²) in [6.45, 7) is 4.45. The lowest BCUT2D eigenvalue weighted by Crippen LogP contribution is -2.58. The molecule has 6 heteroatoms. The Morgan fingerprint density at radius 3 is 2.45 bits per heavy atom. The van der Waals surface area contributed by atoms with E-state index in [1.807, 2.05) is 0 Å². The average Bonchev–Trinajstić information content (AvgIpc) is 2.33. The first kappa shape index (κ1) is 16.0. The van der Waals surface area contributed by atoms with Gasteiger partial charge < -0.3 is 10.4 Å². The highest BCUT2D eigenvalue weighted by Crippen LogP contribution is 2.35. The second-order valence-corrected chi connectivity index (χ2v) is 6.51. The van der Waals surface area contributed by atoms with E-state index in [1.54, 1.807) is 6.92 Å². The quantitative estimate of drug-likeness (QED) is 0.832. The van der Waals surface area contributed by atoms with E-state index < -0.39 is 18.8 Å². The van der Waals surface area contributed by atoms with Crippen LogP contribution in [0.25, 0.3) is 0 Å². The fourth-order valence-electron chi connectivity index (χ4n) is 3.39. The molecule has 118 valence electrons. The summed E-state index contributed by atoms with van der Waals surface area (Å²) in [5, 5.41) is 12.4. The van der Waals surface area contributed by atoms with Crippen LogP contribution in [0.1, 0.15) is 33.1 Å². The maximum Gasteiger partial charge on any atom is 0.401 e. The molecule has 0 radical (unpaired) electrons. The van der Waals surface area contributed by atoms with Crippen molar-refractivity contribution in [1.82, 2.24) is 10.2 Å². The number of aliphatic hydroxyl groups is 1. The molecule has 0 aromatic heterocycles. The lowest BCUT2D eigenvalue weighted by Gasteiger charge is -2.49. The van der Waals surface area contributed by atoms with Crippen LogP contribution in [0, 0.1) is 11.8 Å². The van der Waals surface area contributed by atoms with Crippen molar-refractivity contribution in [3.05, 3.63) is 0 Å². The third-order valence-electron chi connectivity index (χ3n) is 4.83. The molecule has 5 atom stereocenters. The van der Waals surface area contributed by atoms with Gasteiger partial charge in [-0.3, -0.25) is 4.90 Å².